The number of halogens is 3. The maximum absolute atomic E-state index is 15.7. The summed E-state index contributed by atoms with van der Waals surface area (Å²) in [5.41, 5.74) is -0.00284. The van der Waals surface area contributed by atoms with Crippen molar-refractivity contribution >= 4 is 27.5 Å². The van der Waals surface area contributed by atoms with Crippen molar-refractivity contribution in [3.63, 3.8) is 0 Å². The number of aromatic nitrogens is 3. The number of fused-ring (bicyclic) bond motifs is 2. The summed E-state index contributed by atoms with van der Waals surface area (Å²) in [4.78, 5) is 12.7. The van der Waals surface area contributed by atoms with E-state index >= 15 is 4.39 Å². The van der Waals surface area contributed by atoms with Crippen molar-refractivity contribution in [2.75, 3.05) is 25.5 Å². The second-order valence-electron chi connectivity index (χ2n) is 7.34. The van der Waals surface area contributed by atoms with E-state index in [0.29, 0.717) is 16.6 Å². The van der Waals surface area contributed by atoms with Crippen LogP contribution in [-0.4, -0.2) is 41.2 Å². The van der Waals surface area contributed by atoms with Crippen LogP contribution in [0.2, 0.25) is 0 Å². The number of methoxy groups -OCH3 is 1. The molecule has 1 atom stereocenters. The van der Waals surface area contributed by atoms with E-state index in [4.69, 9.17) is 4.74 Å². The number of hydrogen-bond acceptors (Lipinski definition) is 6. The Bertz CT molecular complexity index is 1310. The monoisotopic (exact) mass is 425 g/mol. The van der Waals surface area contributed by atoms with E-state index in [1.807, 2.05) is 0 Å². The number of pyridine rings is 1. The third-order valence-corrected chi connectivity index (χ3v) is 5.44. The SMILES string of the molecule is COc1nc(NC2CCNC2)c2cnc(-c3cccc4ccc(F)c(F)c34)c(F)c2n1. The van der Waals surface area contributed by atoms with Gasteiger partial charge in [0.15, 0.2) is 17.5 Å². The summed E-state index contributed by atoms with van der Waals surface area (Å²) in [5.74, 6) is -2.42. The fourth-order valence-corrected chi connectivity index (χ4v) is 3.90. The van der Waals surface area contributed by atoms with Crippen LogP contribution in [0.15, 0.2) is 36.5 Å². The second kappa shape index (κ2) is 7.66. The fourth-order valence-electron chi connectivity index (χ4n) is 3.90. The minimum Gasteiger partial charge on any atom is -0.467 e. The number of nitrogens with one attached hydrogen (secondary N) is 2. The smallest absolute Gasteiger partial charge is 0.318 e. The third kappa shape index (κ3) is 3.31. The summed E-state index contributed by atoms with van der Waals surface area (Å²) in [7, 11) is 1.39. The molecule has 2 aromatic heterocycles. The van der Waals surface area contributed by atoms with Gasteiger partial charge in [-0.3, -0.25) is 4.98 Å². The average Bonchev–Trinajstić information content (AvgIpc) is 3.29. The molecule has 1 aliphatic rings. The molecule has 0 radical (unpaired) electrons. The first kappa shape index (κ1) is 19.5. The molecule has 0 saturated carbocycles. The molecule has 4 aromatic rings. The Morgan fingerprint density at radius 1 is 1.10 bits per heavy atom. The predicted octanol–water partition coefficient (Wildman–Crippen LogP) is 4.04. The molecule has 31 heavy (non-hydrogen) atoms. The van der Waals surface area contributed by atoms with Gasteiger partial charge in [0.1, 0.15) is 17.0 Å². The molecule has 1 saturated heterocycles. The molecule has 1 aliphatic heterocycles. The minimum atomic E-state index is -1.05. The number of benzene rings is 2. The van der Waals surface area contributed by atoms with Gasteiger partial charge in [-0.1, -0.05) is 24.3 Å². The van der Waals surface area contributed by atoms with E-state index in [9.17, 15) is 8.78 Å². The molecule has 0 spiro atoms. The summed E-state index contributed by atoms with van der Waals surface area (Å²) in [5, 5.41) is 7.30. The first-order valence-electron chi connectivity index (χ1n) is 9.81. The van der Waals surface area contributed by atoms with E-state index in [0.717, 1.165) is 25.6 Å². The van der Waals surface area contributed by atoms with Crippen LogP contribution < -0.4 is 15.4 Å². The van der Waals surface area contributed by atoms with Crippen molar-refractivity contribution in [1.29, 1.82) is 0 Å². The van der Waals surface area contributed by atoms with Crippen molar-refractivity contribution in [3.05, 3.63) is 54.0 Å². The quantitative estimate of drug-likeness (QED) is 0.514. The Kier molecular flexibility index (Phi) is 4.82. The molecule has 6 nitrogen and oxygen atoms in total. The lowest BCUT2D eigenvalue weighted by atomic mass is 10.00. The number of nitrogens with zero attached hydrogens (tertiary/aromatic N) is 3. The van der Waals surface area contributed by atoms with E-state index in [2.05, 4.69) is 25.6 Å². The fraction of sp³-hybridized carbons (Fsp3) is 0.227. The highest BCUT2D eigenvalue weighted by Crippen LogP contribution is 2.35. The van der Waals surface area contributed by atoms with E-state index in [1.165, 1.54) is 25.4 Å². The van der Waals surface area contributed by atoms with Crippen molar-refractivity contribution in [2.45, 2.75) is 12.5 Å². The molecule has 5 rings (SSSR count). The van der Waals surface area contributed by atoms with Crippen LogP contribution in [0.1, 0.15) is 6.42 Å². The molecule has 0 bridgehead atoms. The Labute approximate surface area is 175 Å². The molecule has 9 heteroatoms. The van der Waals surface area contributed by atoms with Gasteiger partial charge in [0.25, 0.3) is 0 Å². The third-order valence-electron chi connectivity index (χ3n) is 5.44. The van der Waals surface area contributed by atoms with Gasteiger partial charge < -0.3 is 15.4 Å². The molecule has 1 fully saturated rings. The number of ether oxygens (including phenoxy) is 1. The Hall–Kier alpha value is -3.46. The molecule has 3 heterocycles. The first-order valence-corrected chi connectivity index (χ1v) is 9.81. The molecule has 0 amide bonds. The van der Waals surface area contributed by atoms with Crippen LogP contribution in [0, 0.1) is 17.5 Å². The van der Waals surface area contributed by atoms with Crippen molar-refractivity contribution in [2.24, 2.45) is 0 Å². The Balaban J connectivity index is 1.73. The summed E-state index contributed by atoms with van der Waals surface area (Å²) in [6, 6.07) is 7.37. The highest BCUT2D eigenvalue weighted by molar-refractivity contribution is 5.99. The summed E-state index contributed by atoms with van der Waals surface area (Å²) < 4.78 is 49.3. The van der Waals surface area contributed by atoms with Crippen LogP contribution in [0.3, 0.4) is 0 Å². The molecule has 2 aromatic carbocycles. The zero-order chi connectivity index (χ0) is 21.5. The average molecular weight is 425 g/mol. The van der Waals surface area contributed by atoms with Crippen LogP contribution in [0.25, 0.3) is 32.9 Å². The Morgan fingerprint density at radius 2 is 1.97 bits per heavy atom. The lowest BCUT2D eigenvalue weighted by Crippen LogP contribution is -2.23. The van der Waals surface area contributed by atoms with Gasteiger partial charge in [-0.15, -0.1) is 0 Å². The van der Waals surface area contributed by atoms with Crippen LogP contribution in [0.5, 0.6) is 6.01 Å². The van der Waals surface area contributed by atoms with Crippen LogP contribution >= 0.6 is 0 Å². The van der Waals surface area contributed by atoms with Gasteiger partial charge in [-0.2, -0.15) is 9.97 Å². The maximum atomic E-state index is 15.7. The standard InChI is InChI=1S/C22H18F3N5O/c1-31-22-29-20-14(21(30-22)28-12-7-8-26-9-12)10-27-19(18(20)25)13-4-2-3-11-5-6-15(23)17(24)16(11)13/h2-6,10,12,26H,7-9H2,1H3,(H,28,29,30). The Morgan fingerprint density at radius 3 is 2.74 bits per heavy atom. The summed E-state index contributed by atoms with van der Waals surface area (Å²) >= 11 is 0. The van der Waals surface area contributed by atoms with E-state index in [1.54, 1.807) is 12.1 Å². The van der Waals surface area contributed by atoms with Crippen LogP contribution in [0.4, 0.5) is 19.0 Å². The highest BCUT2D eigenvalue weighted by atomic mass is 19.2. The zero-order valence-electron chi connectivity index (χ0n) is 16.5. The normalized spacial score (nSPS) is 16.2. The number of hydrogen-bond donors (Lipinski definition) is 2. The van der Waals surface area contributed by atoms with Crippen LogP contribution in [-0.2, 0) is 0 Å². The summed E-state index contributed by atoms with van der Waals surface area (Å²) in [6.07, 6.45) is 2.33. The number of anilines is 1. The largest absolute Gasteiger partial charge is 0.467 e. The second-order valence-corrected chi connectivity index (χ2v) is 7.34. The summed E-state index contributed by atoms with van der Waals surface area (Å²) in [6.45, 7) is 1.63. The number of rotatable bonds is 4. The van der Waals surface area contributed by atoms with E-state index < -0.39 is 17.5 Å². The van der Waals surface area contributed by atoms with Crippen molar-refractivity contribution in [3.8, 4) is 17.3 Å². The van der Waals surface area contributed by atoms with Gasteiger partial charge >= 0.3 is 6.01 Å². The van der Waals surface area contributed by atoms with Gasteiger partial charge in [0.2, 0.25) is 0 Å². The van der Waals surface area contributed by atoms with Crippen molar-refractivity contribution < 1.29 is 17.9 Å². The van der Waals surface area contributed by atoms with E-state index in [-0.39, 0.29) is 34.2 Å². The minimum absolute atomic E-state index is 0.00727. The van der Waals surface area contributed by atoms with Gasteiger partial charge in [-0.05, 0) is 24.4 Å². The molecular weight excluding hydrogens is 407 g/mol. The maximum Gasteiger partial charge on any atom is 0.318 e. The molecule has 0 aliphatic carbocycles. The molecule has 2 N–H and O–H groups in total. The zero-order valence-corrected chi connectivity index (χ0v) is 16.5. The van der Waals surface area contributed by atoms with Gasteiger partial charge in [0, 0.05) is 29.7 Å². The molecule has 1 unspecified atom stereocenters. The highest BCUT2D eigenvalue weighted by Gasteiger charge is 2.22. The molecular formula is C22H18F3N5O. The lowest BCUT2D eigenvalue weighted by Gasteiger charge is -2.16. The van der Waals surface area contributed by atoms with Crippen molar-refractivity contribution in [1.82, 2.24) is 20.3 Å². The topological polar surface area (TPSA) is 72.0 Å². The molecule has 158 valence electrons. The predicted molar refractivity (Wildman–Crippen MR) is 112 cm³/mol. The lowest BCUT2D eigenvalue weighted by molar-refractivity contribution is 0.381. The first-order chi connectivity index (χ1) is 15.1. The van der Waals surface area contributed by atoms with Gasteiger partial charge in [-0.25, -0.2) is 13.2 Å². The van der Waals surface area contributed by atoms with Gasteiger partial charge in [0.05, 0.1) is 12.5 Å².